The summed E-state index contributed by atoms with van der Waals surface area (Å²) in [7, 11) is 0. The van der Waals surface area contributed by atoms with Crippen LogP contribution >= 0.6 is 0 Å². The van der Waals surface area contributed by atoms with Crippen molar-refractivity contribution in [1.29, 1.82) is 0 Å². The molecule has 0 aliphatic rings. The van der Waals surface area contributed by atoms with Gasteiger partial charge in [0.15, 0.2) is 11.6 Å². The average molecular weight is 499 g/mol. The minimum atomic E-state index is -0.0882. The maximum absolute atomic E-state index is 11.9. The van der Waals surface area contributed by atoms with E-state index < -0.39 is 0 Å². The number of hydrogen-bond donors (Lipinski definition) is 0. The molecule has 1 heterocycles. The molecule has 0 aliphatic heterocycles. The molecule has 6 nitrogen and oxygen atoms in total. The van der Waals surface area contributed by atoms with E-state index in [1.807, 2.05) is 31.2 Å². The molecule has 200 valence electrons. The highest BCUT2D eigenvalue weighted by atomic mass is 16.5. The Balaban J connectivity index is 1.62. The Labute approximate surface area is 218 Å². The highest BCUT2D eigenvalue weighted by Gasteiger charge is 2.09. The molecule has 0 saturated carbocycles. The molecule has 1 aromatic carbocycles. The lowest BCUT2D eigenvalue weighted by atomic mass is 10.1. The summed E-state index contributed by atoms with van der Waals surface area (Å²) in [6, 6.07) is 7.79. The topological polar surface area (TPSA) is 70.5 Å². The summed E-state index contributed by atoms with van der Waals surface area (Å²) in [5.74, 6) is 2.09. The molecule has 1 atom stereocenters. The molecule has 0 spiro atoms. The van der Waals surface area contributed by atoms with Crippen molar-refractivity contribution in [3.63, 3.8) is 0 Å². The Morgan fingerprint density at radius 1 is 0.750 bits per heavy atom. The van der Waals surface area contributed by atoms with E-state index in [1.54, 1.807) is 12.4 Å². The highest BCUT2D eigenvalue weighted by Crippen LogP contribution is 2.21. The van der Waals surface area contributed by atoms with Crippen LogP contribution in [-0.2, 0) is 9.53 Å². The monoisotopic (exact) mass is 498 g/mol. The fourth-order valence-electron chi connectivity index (χ4n) is 3.91. The molecule has 0 radical (unpaired) electrons. The lowest BCUT2D eigenvalue weighted by molar-refractivity contribution is -0.148. The number of aromatic nitrogens is 2. The highest BCUT2D eigenvalue weighted by molar-refractivity contribution is 5.69. The first-order chi connectivity index (χ1) is 17.6. The Morgan fingerprint density at radius 2 is 1.33 bits per heavy atom. The van der Waals surface area contributed by atoms with Crippen LogP contribution in [0.25, 0.3) is 11.4 Å². The van der Waals surface area contributed by atoms with Gasteiger partial charge in [-0.15, -0.1) is 0 Å². The largest absolute Gasteiger partial charge is 0.494 e. The number of rotatable bonds is 20. The van der Waals surface area contributed by atoms with Gasteiger partial charge in [0.25, 0.3) is 0 Å². The van der Waals surface area contributed by atoms with Crippen LogP contribution in [0.15, 0.2) is 36.7 Å². The SMILES string of the molecule is CCCCCCCCOc1cnc(-c2ccc(OCCCC(C)OC(=O)CCCCCC)cc2)nc1. The molecule has 0 amide bonds. The fraction of sp³-hybridized carbons (Fsp3) is 0.633. The Hall–Kier alpha value is -2.63. The van der Waals surface area contributed by atoms with Crippen molar-refractivity contribution in [2.75, 3.05) is 13.2 Å². The van der Waals surface area contributed by atoms with Gasteiger partial charge in [-0.1, -0.05) is 65.2 Å². The van der Waals surface area contributed by atoms with Gasteiger partial charge in [0.05, 0.1) is 31.7 Å². The van der Waals surface area contributed by atoms with Crippen LogP contribution in [0.3, 0.4) is 0 Å². The van der Waals surface area contributed by atoms with Crippen LogP contribution < -0.4 is 9.47 Å². The number of benzene rings is 1. The van der Waals surface area contributed by atoms with Crippen molar-refractivity contribution in [2.45, 2.75) is 110 Å². The van der Waals surface area contributed by atoms with Crippen LogP contribution in [-0.4, -0.2) is 35.3 Å². The first-order valence-corrected chi connectivity index (χ1v) is 14.0. The summed E-state index contributed by atoms with van der Waals surface area (Å²) in [4.78, 5) is 20.8. The number of carbonyl (C=O) groups is 1. The summed E-state index contributed by atoms with van der Waals surface area (Å²) < 4.78 is 17.1. The second-order valence-corrected chi connectivity index (χ2v) is 9.48. The summed E-state index contributed by atoms with van der Waals surface area (Å²) in [6.07, 6.45) is 17.4. The summed E-state index contributed by atoms with van der Waals surface area (Å²) in [5, 5.41) is 0. The van der Waals surface area contributed by atoms with Crippen LogP contribution in [0.4, 0.5) is 0 Å². The van der Waals surface area contributed by atoms with Crippen molar-refractivity contribution in [3.05, 3.63) is 36.7 Å². The smallest absolute Gasteiger partial charge is 0.306 e. The quantitative estimate of drug-likeness (QED) is 0.136. The second kappa shape index (κ2) is 18.6. The molecule has 2 rings (SSSR count). The van der Waals surface area contributed by atoms with Gasteiger partial charge < -0.3 is 14.2 Å². The van der Waals surface area contributed by atoms with Crippen molar-refractivity contribution < 1.29 is 19.0 Å². The predicted octanol–water partition coefficient (Wildman–Crippen LogP) is 7.94. The molecular weight excluding hydrogens is 452 g/mol. The molecule has 6 heteroatoms. The van der Waals surface area contributed by atoms with Crippen molar-refractivity contribution in [1.82, 2.24) is 9.97 Å². The van der Waals surface area contributed by atoms with Crippen LogP contribution in [0.5, 0.6) is 11.5 Å². The number of esters is 1. The third kappa shape index (κ3) is 12.9. The molecule has 1 aromatic heterocycles. The summed E-state index contributed by atoms with van der Waals surface area (Å²) >= 11 is 0. The molecule has 0 aliphatic carbocycles. The molecular formula is C30H46N2O4. The van der Waals surface area contributed by atoms with Crippen LogP contribution in [0.2, 0.25) is 0 Å². The molecule has 0 saturated heterocycles. The second-order valence-electron chi connectivity index (χ2n) is 9.48. The van der Waals surface area contributed by atoms with Crippen LogP contribution in [0.1, 0.15) is 104 Å². The number of ether oxygens (including phenoxy) is 3. The van der Waals surface area contributed by atoms with Gasteiger partial charge in [-0.05, 0) is 56.9 Å². The Morgan fingerprint density at radius 3 is 2.03 bits per heavy atom. The average Bonchev–Trinajstić information content (AvgIpc) is 2.89. The molecule has 2 aromatic rings. The molecule has 36 heavy (non-hydrogen) atoms. The first kappa shape index (κ1) is 29.6. The standard InChI is InChI=1S/C30H46N2O4/c1-4-6-8-10-11-13-21-35-28-23-31-30(32-24-28)26-17-19-27(20-18-26)34-22-14-15-25(3)36-29(33)16-12-9-7-5-2/h17-20,23-25H,4-16,21-22H2,1-3H3. The lowest BCUT2D eigenvalue weighted by Crippen LogP contribution is -2.15. The number of nitrogens with zero attached hydrogens (tertiary/aromatic N) is 2. The van der Waals surface area contributed by atoms with Crippen LogP contribution in [0, 0.1) is 0 Å². The molecule has 0 bridgehead atoms. The third-order valence-electron chi connectivity index (χ3n) is 6.10. The maximum atomic E-state index is 11.9. The summed E-state index contributed by atoms with van der Waals surface area (Å²) in [6.45, 7) is 7.64. The molecule has 1 unspecified atom stereocenters. The first-order valence-electron chi connectivity index (χ1n) is 14.0. The van der Waals surface area contributed by atoms with Gasteiger partial charge in [-0.2, -0.15) is 0 Å². The number of carbonyl (C=O) groups excluding carboxylic acids is 1. The van der Waals surface area contributed by atoms with E-state index in [1.165, 1.54) is 44.9 Å². The minimum absolute atomic E-state index is 0.0791. The lowest BCUT2D eigenvalue weighted by Gasteiger charge is -2.13. The van der Waals surface area contributed by atoms with E-state index in [4.69, 9.17) is 14.2 Å². The maximum Gasteiger partial charge on any atom is 0.306 e. The van der Waals surface area contributed by atoms with Gasteiger partial charge in [-0.25, -0.2) is 9.97 Å². The van der Waals surface area contributed by atoms with Gasteiger partial charge in [0.2, 0.25) is 0 Å². The van der Waals surface area contributed by atoms with Gasteiger partial charge in [0.1, 0.15) is 5.75 Å². The molecule has 0 fully saturated rings. The van der Waals surface area contributed by atoms with Gasteiger partial charge in [0, 0.05) is 12.0 Å². The van der Waals surface area contributed by atoms with Crippen molar-refractivity contribution in [2.24, 2.45) is 0 Å². The van der Waals surface area contributed by atoms with Crippen molar-refractivity contribution >= 4 is 5.97 Å². The predicted molar refractivity (Wildman–Crippen MR) is 145 cm³/mol. The van der Waals surface area contributed by atoms with Crippen molar-refractivity contribution in [3.8, 4) is 22.9 Å². The minimum Gasteiger partial charge on any atom is -0.494 e. The Kier molecular flexibility index (Phi) is 15.3. The third-order valence-corrected chi connectivity index (χ3v) is 6.10. The van der Waals surface area contributed by atoms with Gasteiger partial charge in [-0.3, -0.25) is 4.79 Å². The zero-order chi connectivity index (χ0) is 25.8. The normalized spacial score (nSPS) is 11.8. The zero-order valence-corrected chi connectivity index (χ0v) is 22.7. The van der Waals surface area contributed by atoms with E-state index in [9.17, 15) is 4.79 Å². The number of unbranched alkanes of at least 4 members (excludes halogenated alkanes) is 8. The number of hydrogen-bond acceptors (Lipinski definition) is 6. The van der Waals surface area contributed by atoms with E-state index in [-0.39, 0.29) is 12.1 Å². The van der Waals surface area contributed by atoms with E-state index >= 15 is 0 Å². The van der Waals surface area contributed by atoms with E-state index in [0.717, 1.165) is 43.4 Å². The van der Waals surface area contributed by atoms with E-state index in [2.05, 4.69) is 23.8 Å². The zero-order valence-electron chi connectivity index (χ0n) is 22.7. The Bertz CT molecular complexity index is 824. The fourth-order valence-corrected chi connectivity index (χ4v) is 3.91. The summed E-state index contributed by atoms with van der Waals surface area (Å²) in [5.41, 5.74) is 0.935. The van der Waals surface area contributed by atoms with E-state index in [0.29, 0.717) is 31.2 Å². The van der Waals surface area contributed by atoms with Gasteiger partial charge >= 0.3 is 5.97 Å². The molecule has 0 N–H and O–H groups in total.